The van der Waals surface area contributed by atoms with Crippen molar-refractivity contribution < 1.29 is 24.3 Å². The van der Waals surface area contributed by atoms with Gasteiger partial charge in [0.2, 0.25) is 11.8 Å². The molecule has 0 radical (unpaired) electrons. The van der Waals surface area contributed by atoms with Gasteiger partial charge in [0.25, 0.3) is 5.24 Å². The number of carboxylic acids is 1. The third-order valence-electron chi connectivity index (χ3n) is 2.90. The summed E-state index contributed by atoms with van der Waals surface area (Å²) in [6, 6.07) is 4.37. The number of carbonyl (C=O) groups excluding carboxylic acids is 3. The standard InChI is InChI=1S/C13H12N2O5S/c1-6-2-3-7(12(18)19)4-8(6)14-10(16)5-9-11(17)15-13(20)21-9/h2-4,9H,5H2,1H3,(H,14,16)(H,18,19)(H,15,17,20). The Morgan fingerprint density at radius 2 is 2.10 bits per heavy atom. The van der Waals surface area contributed by atoms with E-state index in [0.29, 0.717) is 11.3 Å². The molecular formula is C13H12N2O5S. The van der Waals surface area contributed by atoms with Crippen LogP contribution in [-0.2, 0) is 9.59 Å². The molecular weight excluding hydrogens is 296 g/mol. The molecule has 1 aliphatic rings. The number of hydrogen-bond donors (Lipinski definition) is 3. The van der Waals surface area contributed by atoms with Crippen molar-refractivity contribution in [3.8, 4) is 0 Å². The molecule has 7 nitrogen and oxygen atoms in total. The van der Waals surface area contributed by atoms with Crippen molar-refractivity contribution in [3.05, 3.63) is 29.3 Å². The topological polar surface area (TPSA) is 113 Å². The first kappa shape index (κ1) is 15.0. The van der Waals surface area contributed by atoms with Crippen LogP contribution >= 0.6 is 11.8 Å². The Labute approximate surface area is 124 Å². The molecule has 1 aromatic carbocycles. The van der Waals surface area contributed by atoms with Crippen LogP contribution in [0.3, 0.4) is 0 Å². The number of imide groups is 1. The molecule has 8 heteroatoms. The maximum absolute atomic E-state index is 11.9. The highest BCUT2D eigenvalue weighted by molar-refractivity contribution is 8.15. The molecule has 1 saturated heterocycles. The van der Waals surface area contributed by atoms with E-state index in [0.717, 1.165) is 11.8 Å². The van der Waals surface area contributed by atoms with Crippen LogP contribution in [0.4, 0.5) is 10.5 Å². The van der Waals surface area contributed by atoms with Gasteiger partial charge >= 0.3 is 5.97 Å². The zero-order valence-corrected chi connectivity index (χ0v) is 11.8. The summed E-state index contributed by atoms with van der Waals surface area (Å²) in [5, 5.41) is 12.4. The van der Waals surface area contributed by atoms with Crippen LogP contribution in [0.1, 0.15) is 22.3 Å². The van der Waals surface area contributed by atoms with E-state index in [9.17, 15) is 19.2 Å². The van der Waals surface area contributed by atoms with Crippen LogP contribution in [-0.4, -0.2) is 33.4 Å². The van der Waals surface area contributed by atoms with Crippen LogP contribution in [0.2, 0.25) is 0 Å². The average molecular weight is 308 g/mol. The van der Waals surface area contributed by atoms with E-state index in [1.165, 1.54) is 12.1 Å². The lowest BCUT2D eigenvalue weighted by Gasteiger charge is -2.10. The van der Waals surface area contributed by atoms with Gasteiger partial charge in [-0.3, -0.25) is 19.7 Å². The van der Waals surface area contributed by atoms with Crippen molar-refractivity contribution in [2.75, 3.05) is 5.32 Å². The van der Waals surface area contributed by atoms with Gasteiger partial charge in [0.05, 0.1) is 5.56 Å². The van der Waals surface area contributed by atoms with E-state index < -0.39 is 28.3 Å². The van der Waals surface area contributed by atoms with Gasteiger partial charge in [0.1, 0.15) is 5.25 Å². The van der Waals surface area contributed by atoms with Gasteiger partial charge in [0, 0.05) is 12.1 Å². The first-order valence-electron chi connectivity index (χ1n) is 6.02. The Morgan fingerprint density at radius 1 is 1.38 bits per heavy atom. The summed E-state index contributed by atoms with van der Waals surface area (Å²) in [6.45, 7) is 1.72. The number of amides is 3. The zero-order chi connectivity index (χ0) is 15.6. The molecule has 1 atom stereocenters. The van der Waals surface area contributed by atoms with Crippen LogP contribution < -0.4 is 10.6 Å². The van der Waals surface area contributed by atoms with Crippen molar-refractivity contribution in [1.29, 1.82) is 0 Å². The Kier molecular flexibility index (Phi) is 4.27. The SMILES string of the molecule is Cc1ccc(C(=O)O)cc1NC(=O)CC1SC(=O)NC1=O. The number of hydrogen-bond acceptors (Lipinski definition) is 5. The van der Waals surface area contributed by atoms with Gasteiger partial charge in [-0.25, -0.2) is 4.79 Å². The van der Waals surface area contributed by atoms with Gasteiger partial charge in [0.15, 0.2) is 0 Å². The highest BCUT2D eigenvalue weighted by atomic mass is 32.2. The highest BCUT2D eigenvalue weighted by Crippen LogP contribution is 2.23. The summed E-state index contributed by atoms with van der Waals surface area (Å²) in [5.74, 6) is -2.04. The fraction of sp³-hybridized carbons (Fsp3) is 0.231. The van der Waals surface area contributed by atoms with E-state index >= 15 is 0 Å². The van der Waals surface area contributed by atoms with Crippen molar-refractivity contribution in [3.63, 3.8) is 0 Å². The Hall–Kier alpha value is -2.35. The first-order chi connectivity index (χ1) is 9.86. The lowest BCUT2D eigenvalue weighted by molar-refractivity contribution is -0.122. The van der Waals surface area contributed by atoms with Gasteiger partial charge < -0.3 is 10.4 Å². The normalized spacial score (nSPS) is 17.5. The first-order valence-corrected chi connectivity index (χ1v) is 6.90. The predicted molar refractivity (Wildman–Crippen MR) is 76.3 cm³/mol. The van der Waals surface area contributed by atoms with Crippen LogP contribution in [0.5, 0.6) is 0 Å². The second-order valence-electron chi connectivity index (χ2n) is 4.47. The number of aryl methyl sites for hydroxylation is 1. The number of anilines is 1. The molecule has 0 aromatic heterocycles. The molecule has 1 aromatic rings. The fourth-order valence-electron chi connectivity index (χ4n) is 1.79. The van der Waals surface area contributed by atoms with Crippen molar-refractivity contribution in [2.45, 2.75) is 18.6 Å². The Morgan fingerprint density at radius 3 is 2.67 bits per heavy atom. The molecule has 0 saturated carbocycles. The molecule has 1 heterocycles. The number of benzene rings is 1. The number of nitrogens with one attached hydrogen (secondary N) is 2. The van der Waals surface area contributed by atoms with Crippen molar-refractivity contribution >= 4 is 40.5 Å². The number of rotatable bonds is 4. The minimum atomic E-state index is -1.10. The Bertz CT molecular complexity index is 643. The zero-order valence-electron chi connectivity index (χ0n) is 11.0. The largest absolute Gasteiger partial charge is 0.478 e. The molecule has 0 bridgehead atoms. The molecule has 3 amide bonds. The summed E-state index contributed by atoms with van der Waals surface area (Å²) >= 11 is 0.770. The van der Waals surface area contributed by atoms with Gasteiger partial charge in [-0.05, 0) is 24.6 Å². The van der Waals surface area contributed by atoms with E-state index in [1.54, 1.807) is 13.0 Å². The molecule has 1 aliphatic heterocycles. The Balaban J connectivity index is 2.06. The van der Waals surface area contributed by atoms with E-state index in [-0.39, 0.29) is 12.0 Å². The molecule has 0 spiro atoms. The molecule has 3 N–H and O–H groups in total. The lowest BCUT2D eigenvalue weighted by Crippen LogP contribution is -2.27. The van der Waals surface area contributed by atoms with Crippen molar-refractivity contribution in [1.82, 2.24) is 5.32 Å². The summed E-state index contributed by atoms with van der Waals surface area (Å²) in [4.78, 5) is 45.2. The van der Waals surface area contributed by atoms with Gasteiger partial charge in [-0.2, -0.15) is 0 Å². The number of carboxylic acid groups (broad SMARTS) is 1. The fourth-order valence-corrected chi connectivity index (χ4v) is 2.61. The predicted octanol–water partition coefficient (Wildman–Crippen LogP) is 1.37. The maximum atomic E-state index is 11.9. The highest BCUT2D eigenvalue weighted by Gasteiger charge is 2.33. The second-order valence-corrected chi connectivity index (χ2v) is 5.65. The summed E-state index contributed by atoms with van der Waals surface area (Å²) < 4.78 is 0. The minimum Gasteiger partial charge on any atom is -0.478 e. The monoisotopic (exact) mass is 308 g/mol. The minimum absolute atomic E-state index is 0.0547. The quantitative estimate of drug-likeness (QED) is 0.774. The lowest BCUT2D eigenvalue weighted by atomic mass is 10.1. The molecule has 2 rings (SSSR count). The molecule has 110 valence electrons. The molecule has 21 heavy (non-hydrogen) atoms. The van der Waals surface area contributed by atoms with Gasteiger partial charge in [-0.1, -0.05) is 17.8 Å². The van der Waals surface area contributed by atoms with E-state index in [4.69, 9.17) is 5.11 Å². The van der Waals surface area contributed by atoms with E-state index in [2.05, 4.69) is 10.6 Å². The molecule has 1 unspecified atom stereocenters. The third kappa shape index (κ3) is 3.60. The third-order valence-corrected chi connectivity index (χ3v) is 3.88. The van der Waals surface area contributed by atoms with E-state index in [1.807, 2.05) is 0 Å². The van der Waals surface area contributed by atoms with Crippen LogP contribution in [0.15, 0.2) is 18.2 Å². The number of thioether (sulfide) groups is 1. The number of aromatic carboxylic acids is 1. The maximum Gasteiger partial charge on any atom is 0.335 e. The number of carbonyl (C=O) groups is 4. The van der Waals surface area contributed by atoms with Crippen molar-refractivity contribution in [2.24, 2.45) is 0 Å². The second kappa shape index (κ2) is 5.96. The molecule has 0 aliphatic carbocycles. The smallest absolute Gasteiger partial charge is 0.335 e. The summed E-state index contributed by atoms with van der Waals surface area (Å²) in [5.41, 5.74) is 1.13. The summed E-state index contributed by atoms with van der Waals surface area (Å²) in [7, 11) is 0. The van der Waals surface area contributed by atoms with Crippen LogP contribution in [0, 0.1) is 6.92 Å². The average Bonchev–Trinajstić information content (AvgIpc) is 2.70. The summed E-state index contributed by atoms with van der Waals surface area (Å²) in [6.07, 6.45) is -0.154. The molecule has 1 fully saturated rings. The van der Waals surface area contributed by atoms with Gasteiger partial charge in [-0.15, -0.1) is 0 Å². The van der Waals surface area contributed by atoms with Crippen LogP contribution in [0.25, 0.3) is 0 Å².